The number of rotatable bonds is 3. The highest BCUT2D eigenvalue weighted by molar-refractivity contribution is 5.96. The minimum atomic E-state index is -1.68. The van der Waals surface area contributed by atoms with Crippen molar-refractivity contribution in [3.05, 3.63) is 0 Å². The van der Waals surface area contributed by atoms with Crippen molar-refractivity contribution in [1.29, 1.82) is 0 Å². The molecule has 22 heavy (non-hydrogen) atoms. The second kappa shape index (κ2) is 5.18. The number of hydrogen-bond acceptors (Lipinski definition) is 6. The van der Waals surface area contributed by atoms with Gasteiger partial charge in [-0.2, -0.15) is 0 Å². The molecule has 0 aromatic carbocycles. The Morgan fingerprint density at radius 3 is 2.55 bits per heavy atom. The van der Waals surface area contributed by atoms with Crippen LogP contribution in [0.3, 0.4) is 0 Å². The van der Waals surface area contributed by atoms with Gasteiger partial charge in [0.05, 0.1) is 19.6 Å². The van der Waals surface area contributed by atoms with Crippen molar-refractivity contribution < 1.29 is 29.3 Å². The van der Waals surface area contributed by atoms with E-state index < -0.39 is 34.7 Å². The summed E-state index contributed by atoms with van der Waals surface area (Å²) in [6.45, 7) is 6.75. The minimum Gasteiger partial charge on any atom is -0.467 e. The number of fused-ring (bicyclic) bond motifs is 1. The third kappa shape index (κ3) is 1.99. The highest BCUT2D eigenvalue weighted by atomic mass is 16.6. The van der Waals surface area contributed by atoms with Gasteiger partial charge in [-0.05, 0) is 13.3 Å². The zero-order chi connectivity index (χ0) is 16.9. The summed E-state index contributed by atoms with van der Waals surface area (Å²) < 4.78 is 10.6. The summed E-state index contributed by atoms with van der Waals surface area (Å²) in [5.41, 5.74) is -3.69. The van der Waals surface area contributed by atoms with Gasteiger partial charge in [-0.25, -0.2) is 4.79 Å². The predicted molar refractivity (Wildman–Crippen MR) is 76.6 cm³/mol. The molecule has 0 spiro atoms. The lowest BCUT2D eigenvalue weighted by Gasteiger charge is -2.40. The zero-order valence-corrected chi connectivity index (χ0v) is 13.8. The molecule has 0 aliphatic carbocycles. The number of methoxy groups -OCH3 is 1. The molecular formula is C15H25NO6. The third-order valence-corrected chi connectivity index (χ3v) is 4.83. The second-order valence-electron chi connectivity index (χ2n) is 7.30. The van der Waals surface area contributed by atoms with Gasteiger partial charge in [0.15, 0.2) is 5.54 Å². The molecule has 2 heterocycles. The molecule has 2 aliphatic heterocycles. The Morgan fingerprint density at radius 1 is 1.50 bits per heavy atom. The average Bonchev–Trinajstić information content (AvgIpc) is 2.90. The lowest BCUT2D eigenvalue weighted by Crippen LogP contribution is -2.64. The molecule has 0 radical (unpaired) electrons. The number of aliphatic hydroxyl groups is 2. The van der Waals surface area contributed by atoms with Crippen LogP contribution in [0, 0.1) is 11.3 Å². The molecule has 7 heteroatoms. The predicted octanol–water partition coefficient (Wildman–Crippen LogP) is -0.108. The molecule has 126 valence electrons. The monoisotopic (exact) mass is 315 g/mol. The molecule has 2 saturated heterocycles. The van der Waals surface area contributed by atoms with E-state index in [1.54, 1.807) is 0 Å². The number of carbonyl (C=O) groups is 2. The number of ether oxygens (including phenoxy) is 2. The van der Waals surface area contributed by atoms with Gasteiger partial charge in [0.1, 0.15) is 11.8 Å². The number of esters is 1. The first kappa shape index (κ1) is 17.2. The lowest BCUT2D eigenvalue weighted by atomic mass is 9.75. The van der Waals surface area contributed by atoms with Crippen molar-refractivity contribution in [2.24, 2.45) is 11.3 Å². The highest BCUT2D eigenvalue weighted by Gasteiger charge is 2.75. The molecule has 0 saturated carbocycles. The largest absolute Gasteiger partial charge is 0.467 e. The van der Waals surface area contributed by atoms with Crippen LogP contribution in [-0.2, 0) is 19.1 Å². The maximum Gasteiger partial charge on any atom is 0.337 e. The van der Waals surface area contributed by atoms with Gasteiger partial charge in [-0.3, -0.25) is 9.69 Å². The summed E-state index contributed by atoms with van der Waals surface area (Å²) in [5.74, 6) is -1.95. The Kier molecular flexibility index (Phi) is 4.04. The summed E-state index contributed by atoms with van der Waals surface area (Å²) in [4.78, 5) is 26.7. The first-order valence-electron chi connectivity index (χ1n) is 7.42. The van der Waals surface area contributed by atoms with Crippen LogP contribution in [0.25, 0.3) is 0 Å². The van der Waals surface area contributed by atoms with Gasteiger partial charge in [0.25, 0.3) is 0 Å². The van der Waals surface area contributed by atoms with Crippen LogP contribution in [0.2, 0.25) is 0 Å². The summed E-state index contributed by atoms with van der Waals surface area (Å²) in [6, 6.07) is 0. The third-order valence-electron chi connectivity index (χ3n) is 4.83. The summed E-state index contributed by atoms with van der Waals surface area (Å²) in [7, 11) is 1.22. The Bertz CT molecular complexity index is 483. The smallest absolute Gasteiger partial charge is 0.337 e. The molecule has 2 rings (SSSR count). The normalized spacial score (nSPS) is 38.3. The Morgan fingerprint density at radius 2 is 2.09 bits per heavy atom. The molecule has 1 amide bonds. The SMILES string of the molecule is COC(=O)[C@]12CO[C@H](C(C)(C)C)N1C(=O)[C@H](CCO)[C@]2(C)O. The van der Waals surface area contributed by atoms with Crippen molar-refractivity contribution >= 4 is 11.9 Å². The van der Waals surface area contributed by atoms with Crippen LogP contribution < -0.4 is 0 Å². The topological polar surface area (TPSA) is 96.3 Å². The van der Waals surface area contributed by atoms with Crippen LogP contribution in [0.4, 0.5) is 0 Å². The van der Waals surface area contributed by atoms with Crippen LogP contribution >= 0.6 is 0 Å². The molecule has 0 bridgehead atoms. The lowest BCUT2D eigenvalue weighted by molar-refractivity contribution is -0.167. The van der Waals surface area contributed by atoms with Crippen molar-refractivity contribution in [3.8, 4) is 0 Å². The molecule has 0 aromatic rings. The van der Waals surface area contributed by atoms with E-state index in [4.69, 9.17) is 9.47 Å². The molecule has 7 nitrogen and oxygen atoms in total. The number of carbonyl (C=O) groups excluding carboxylic acids is 2. The van der Waals surface area contributed by atoms with E-state index >= 15 is 0 Å². The van der Waals surface area contributed by atoms with Crippen LogP contribution in [0.5, 0.6) is 0 Å². The summed E-state index contributed by atoms with van der Waals surface area (Å²) in [5, 5.41) is 20.2. The van der Waals surface area contributed by atoms with Crippen molar-refractivity contribution in [2.45, 2.75) is 51.5 Å². The van der Waals surface area contributed by atoms with Crippen LogP contribution in [-0.4, -0.2) is 64.7 Å². The van der Waals surface area contributed by atoms with Crippen molar-refractivity contribution in [2.75, 3.05) is 20.3 Å². The van der Waals surface area contributed by atoms with Gasteiger partial charge < -0.3 is 19.7 Å². The molecule has 4 atom stereocenters. The van der Waals surface area contributed by atoms with Gasteiger partial charge >= 0.3 is 5.97 Å². The van der Waals surface area contributed by atoms with Crippen molar-refractivity contribution in [3.63, 3.8) is 0 Å². The number of hydrogen-bond donors (Lipinski definition) is 2. The highest BCUT2D eigenvalue weighted by Crippen LogP contribution is 2.52. The Labute approximate surface area is 130 Å². The van der Waals surface area contributed by atoms with E-state index in [0.29, 0.717) is 0 Å². The van der Waals surface area contributed by atoms with E-state index in [1.165, 1.54) is 18.9 Å². The molecule has 2 aliphatic rings. The standard InChI is InChI=1S/C15H25NO6/c1-13(2,3)11-16-10(18)9(6-7-17)14(4,20)15(16,8-22-11)12(19)21-5/h9,11,17,20H,6-8H2,1-5H3/t9-,11+,14-,15-/m0/s1. The average molecular weight is 315 g/mol. The van der Waals surface area contributed by atoms with Gasteiger partial charge in [-0.1, -0.05) is 20.8 Å². The van der Waals surface area contributed by atoms with Gasteiger partial charge in [0.2, 0.25) is 5.91 Å². The first-order valence-corrected chi connectivity index (χ1v) is 7.42. The Hall–Kier alpha value is -1.18. The molecule has 0 unspecified atom stereocenters. The van der Waals surface area contributed by atoms with E-state index in [-0.39, 0.29) is 25.5 Å². The number of aliphatic hydroxyl groups excluding tert-OH is 1. The molecule has 2 N–H and O–H groups in total. The van der Waals surface area contributed by atoms with Gasteiger partial charge in [0, 0.05) is 12.0 Å². The minimum absolute atomic E-state index is 0.0813. The second-order valence-corrected chi connectivity index (χ2v) is 7.30. The first-order chi connectivity index (χ1) is 10.1. The fourth-order valence-electron chi connectivity index (χ4n) is 3.64. The fourth-order valence-corrected chi connectivity index (χ4v) is 3.64. The van der Waals surface area contributed by atoms with Crippen molar-refractivity contribution in [1.82, 2.24) is 4.90 Å². The number of nitrogens with zero attached hydrogens (tertiary/aromatic N) is 1. The Balaban J connectivity index is 2.59. The maximum atomic E-state index is 12.8. The summed E-state index contributed by atoms with van der Waals surface area (Å²) >= 11 is 0. The van der Waals surface area contributed by atoms with Crippen LogP contribution in [0.1, 0.15) is 34.1 Å². The van der Waals surface area contributed by atoms with E-state index in [9.17, 15) is 19.8 Å². The van der Waals surface area contributed by atoms with E-state index in [2.05, 4.69) is 0 Å². The van der Waals surface area contributed by atoms with E-state index in [1.807, 2.05) is 20.8 Å². The molecule has 0 aromatic heterocycles. The quantitative estimate of drug-likeness (QED) is 0.706. The van der Waals surface area contributed by atoms with Gasteiger partial charge in [-0.15, -0.1) is 0 Å². The maximum absolute atomic E-state index is 12.8. The number of amides is 1. The van der Waals surface area contributed by atoms with E-state index in [0.717, 1.165) is 0 Å². The fraction of sp³-hybridized carbons (Fsp3) is 0.867. The molecular weight excluding hydrogens is 290 g/mol. The molecule has 2 fully saturated rings. The van der Waals surface area contributed by atoms with Crippen LogP contribution in [0.15, 0.2) is 0 Å². The summed E-state index contributed by atoms with van der Waals surface area (Å²) in [6.07, 6.45) is -0.563. The zero-order valence-electron chi connectivity index (χ0n) is 13.8.